The molecule has 0 aliphatic rings. The molecule has 0 aromatic heterocycles. The average Bonchev–Trinajstić information content (AvgIpc) is 2.16. The Morgan fingerprint density at radius 2 is 2.21 bits per heavy atom. The smallest absolute Gasteiger partial charge is 0.208 e. The number of nitrogens with one attached hydrogen (secondary N) is 1. The lowest BCUT2D eigenvalue weighted by Gasteiger charge is -2.03. The van der Waals surface area contributed by atoms with Crippen molar-refractivity contribution in [2.45, 2.75) is 0 Å². The van der Waals surface area contributed by atoms with Crippen LogP contribution in [0.5, 0.6) is 5.75 Å². The van der Waals surface area contributed by atoms with E-state index in [1.54, 1.807) is 19.2 Å². The summed E-state index contributed by atoms with van der Waals surface area (Å²) in [7, 11) is 1.58. The van der Waals surface area contributed by atoms with E-state index in [0.717, 1.165) is 4.47 Å². The van der Waals surface area contributed by atoms with Crippen LogP contribution in [0, 0.1) is 0 Å². The minimum Gasteiger partial charge on any atom is -0.497 e. The number of guanidine groups is 1. The predicted octanol–water partition coefficient (Wildman–Crippen LogP) is 0.867. The summed E-state index contributed by atoms with van der Waals surface area (Å²) >= 11 is 3.32. The van der Waals surface area contributed by atoms with E-state index in [0.29, 0.717) is 11.4 Å². The second kappa shape index (κ2) is 4.83. The highest BCUT2D eigenvalue weighted by Gasteiger charge is 1.98. The van der Waals surface area contributed by atoms with Gasteiger partial charge in [-0.2, -0.15) is 0 Å². The third-order valence-electron chi connectivity index (χ3n) is 1.49. The Morgan fingerprint density at radius 3 is 2.79 bits per heavy atom. The van der Waals surface area contributed by atoms with Crippen LogP contribution in [0.4, 0.5) is 5.69 Å². The first-order chi connectivity index (χ1) is 6.65. The van der Waals surface area contributed by atoms with Gasteiger partial charge in [-0.05, 0) is 12.1 Å². The molecule has 76 valence electrons. The molecule has 1 rings (SSSR count). The molecule has 0 radical (unpaired) electrons. The van der Waals surface area contributed by atoms with Gasteiger partial charge in [0, 0.05) is 10.5 Å². The molecular formula is C8H11BrN4O. The first kappa shape index (κ1) is 10.8. The number of halogens is 1. The largest absolute Gasteiger partial charge is 0.497 e. The molecule has 1 aromatic rings. The van der Waals surface area contributed by atoms with Crippen LogP contribution in [-0.4, -0.2) is 13.1 Å². The van der Waals surface area contributed by atoms with Crippen molar-refractivity contribution in [2.24, 2.45) is 16.6 Å². The zero-order valence-electron chi connectivity index (χ0n) is 7.62. The molecule has 5 N–H and O–H groups in total. The van der Waals surface area contributed by atoms with Gasteiger partial charge in [-0.3, -0.25) is 5.43 Å². The zero-order chi connectivity index (χ0) is 10.6. The minimum atomic E-state index is 0.144. The monoisotopic (exact) mass is 258 g/mol. The van der Waals surface area contributed by atoms with Crippen molar-refractivity contribution in [1.29, 1.82) is 0 Å². The van der Waals surface area contributed by atoms with Crippen molar-refractivity contribution in [2.75, 3.05) is 7.11 Å². The van der Waals surface area contributed by atoms with E-state index in [4.69, 9.17) is 16.3 Å². The first-order valence-electron chi connectivity index (χ1n) is 3.81. The number of benzene rings is 1. The molecule has 0 amide bonds. The van der Waals surface area contributed by atoms with Gasteiger partial charge in [0.25, 0.3) is 0 Å². The maximum atomic E-state index is 5.40. The fraction of sp³-hybridized carbons (Fsp3) is 0.125. The van der Waals surface area contributed by atoms with Crippen molar-refractivity contribution in [3.05, 3.63) is 22.7 Å². The molecule has 0 spiro atoms. The van der Waals surface area contributed by atoms with Crippen molar-refractivity contribution >= 4 is 27.6 Å². The molecule has 0 aliphatic carbocycles. The summed E-state index contributed by atoms with van der Waals surface area (Å²) in [6, 6.07) is 5.37. The summed E-state index contributed by atoms with van der Waals surface area (Å²) in [6.07, 6.45) is 0. The summed E-state index contributed by atoms with van der Waals surface area (Å²) in [4.78, 5) is 4.00. The van der Waals surface area contributed by atoms with Crippen LogP contribution >= 0.6 is 15.9 Å². The molecule has 6 heteroatoms. The molecule has 5 nitrogen and oxygen atoms in total. The van der Waals surface area contributed by atoms with Gasteiger partial charge in [-0.15, -0.1) is 0 Å². The Labute approximate surface area is 90.2 Å². The molecule has 0 atom stereocenters. The Bertz CT molecular complexity index is 353. The lowest BCUT2D eigenvalue weighted by molar-refractivity contribution is 0.414. The van der Waals surface area contributed by atoms with Crippen molar-refractivity contribution in [1.82, 2.24) is 5.43 Å². The SMILES string of the molecule is COc1cc(Br)cc(N=C(N)NN)c1. The van der Waals surface area contributed by atoms with Gasteiger partial charge in [0.05, 0.1) is 12.8 Å². The number of hydrogen-bond donors (Lipinski definition) is 3. The van der Waals surface area contributed by atoms with Gasteiger partial charge < -0.3 is 10.5 Å². The predicted molar refractivity (Wildman–Crippen MR) is 59.3 cm³/mol. The minimum absolute atomic E-state index is 0.144. The molecule has 0 fully saturated rings. The van der Waals surface area contributed by atoms with E-state index in [-0.39, 0.29) is 5.96 Å². The van der Waals surface area contributed by atoms with E-state index in [9.17, 15) is 0 Å². The van der Waals surface area contributed by atoms with Crippen molar-refractivity contribution in [3.8, 4) is 5.75 Å². The number of nitrogens with zero attached hydrogens (tertiary/aromatic N) is 1. The lowest BCUT2D eigenvalue weighted by Crippen LogP contribution is -2.36. The number of hydrogen-bond acceptors (Lipinski definition) is 3. The van der Waals surface area contributed by atoms with Crippen LogP contribution in [-0.2, 0) is 0 Å². The fourth-order valence-corrected chi connectivity index (χ4v) is 1.36. The summed E-state index contributed by atoms with van der Waals surface area (Å²) in [6.45, 7) is 0. The third kappa shape index (κ3) is 2.90. The summed E-state index contributed by atoms with van der Waals surface area (Å²) < 4.78 is 5.92. The van der Waals surface area contributed by atoms with E-state index in [1.165, 1.54) is 0 Å². The second-order valence-corrected chi connectivity index (χ2v) is 3.41. The first-order valence-corrected chi connectivity index (χ1v) is 4.60. The maximum absolute atomic E-state index is 5.40. The molecule has 0 saturated heterocycles. The number of hydrazine groups is 1. The van der Waals surface area contributed by atoms with Crippen molar-refractivity contribution in [3.63, 3.8) is 0 Å². The fourth-order valence-electron chi connectivity index (χ4n) is 0.902. The zero-order valence-corrected chi connectivity index (χ0v) is 9.21. The van der Waals surface area contributed by atoms with Gasteiger partial charge in [0.1, 0.15) is 5.75 Å². The topological polar surface area (TPSA) is 85.7 Å². The Kier molecular flexibility index (Phi) is 3.73. The summed E-state index contributed by atoms with van der Waals surface area (Å²) in [5.74, 6) is 5.92. The number of nitrogens with two attached hydrogens (primary N) is 2. The average molecular weight is 259 g/mol. The molecular weight excluding hydrogens is 248 g/mol. The molecule has 0 heterocycles. The van der Waals surface area contributed by atoms with Crippen LogP contribution in [0.2, 0.25) is 0 Å². The Balaban J connectivity index is 3.03. The number of ether oxygens (including phenoxy) is 1. The van der Waals surface area contributed by atoms with Gasteiger partial charge in [0.2, 0.25) is 5.96 Å². The number of methoxy groups -OCH3 is 1. The molecule has 0 saturated carbocycles. The van der Waals surface area contributed by atoms with E-state index >= 15 is 0 Å². The standard InChI is InChI=1S/C8H11BrN4O/c1-14-7-3-5(9)2-6(4-7)12-8(10)13-11/h2-4H,11H2,1H3,(H3,10,12,13). The van der Waals surface area contributed by atoms with E-state index in [1.807, 2.05) is 6.07 Å². The van der Waals surface area contributed by atoms with Crippen molar-refractivity contribution < 1.29 is 4.74 Å². The maximum Gasteiger partial charge on any atom is 0.208 e. The number of aliphatic imine (C=N–C) groups is 1. The summed E-state index contributed by atoms with van der Waals surface area (Å²) in [5, 5.41) is 0. The highest BCUT2D eigenvalue weighted by atomic mass is 79.9. The van der Waals surface area contributed by atoms with E-state index in [2.05, 4.69) is 26.3 Å². The van der Waals surface area contributed by atoms with Gasteiger partial charge in [-0.25, -0.2) is 10.8 Å². The molecule has 0 unspecified atom stereocenters. The third-order valence-corrected chi connectivity index (χ3v) is 1.95. The van der Waals surface area contributed by atoms with Crippen LogP contribution in [0.25, 0.3) is 0 Å². The van der Waals surface area contributed by atoms with Gasteiger partial charge in [-0.1, -0.05) is 15.9 Å². The van der Waals surface area contributed by atoms with Crippen LogP contribution in [0.1, 0.15) is 0 Å². The molecule has 14 heavy (non-hydrogen) atoms. The van der Waals surface area contributed by atoms with Gasteiger partial charge >= 0.3 is 0 Å². The Hall–Kier alpha value is -1.27. The Morgan fingerprint density at radius 1 is 1.50 bits per heavy atom. The number of rotatable bonds is 2. The van der Waals surface area contributed by atoms with Crippen LogP contribution < -0.4 is 21.7 Å². The normalized spacial score (nSPS) is 11.2. The highest BCUT2D eigenvalue weighted by molar-refractivity contribution is 9.10. The van der Waals surface area contributed by atoms with Crippen LogP contribution in [0.3, 0.4) is 0 Å². The van der Waals surface area contributed by atoms with Gasteiger partial charge in [0.15, 0.2) is 0 Å². The molecule has 1 aromatic carbocycles. The second-order valence-electron chi connectivity index (χ2n) is 2.49. The quantitative estimate of drug-likeness (QED) is 0.318. The lowest BCUT2D eigenvalue weighted by atomic mass is 10.3. The highest BCUT2D eigenvalue weighted by Crippen LogP contribution is 2.26. The summed E-state index contributed by atoms with van der Waals surface area (Å²) in [5.41, 5.74) is 8.31. The molecule has 0 aliphatic heterocycles. The van der Waals surface area contributed by atoms with E-state index < -0.39 is 0 Å². The van der Waals surface area contributed by atoms with Crippen LogP contribution in [0.15, 0.2) is 27.7 Å². The molecule has 0 bridgehead atoms.